The molecule has 0 spiro atoms. The lowest BCUT2D eigenvalue weighted by Gasteiger charge is -2.32. The van der Waals surface area contributed by atoms with Gasteiger partial charge < -0.3 is 15.3 Å². The van der Waals surface area contributed by atoms with Crippen LogP contribution < -0.4 is 5.32 Å². The zero-order valence-electron chi connectivity index (χ0n) is 14.5. The summed E-state index contributed by atoms with van der Waals surface area (Å²) >= 11 is 0. The monoisotopic (exact) mass is 338 g/mol. The van der Waals surface area contributed by atoms with Gasteiger partial charge >= 0.3 is 5.97 Å². The molecule has 2 aliphatic rings. The highest BCUT2D eigenvalue weighted by Crippen LogP contribution is 2.28. The fourth-order valence-electron chi connectivity index (χ4n) is 3.86. The van der Waals surface area contributed by atoms with Gasteiger partial charge in [-0.1, -0.05) is 25.7 Å². The molecule has 0 aromatic heterocycles. The maximum Gasteiger partial charge on any atom is 0.303 e. The van der Waals surface area contributed by atoms with Crippen molar-refractivity contribution in [2.45, 2.75) is 64.2 Å². The predicted octanol–water partition coefficient (Wildman–Crippen LogP) is 2.18. The number of nitrogens with one attached hydrogen (secondary N) is 1. The van der Waals surface area contributed by atoms with E-state index in [0.29, 0.717) is 31.8 Å². The highest BCUT2D eigenvalue weighted by molar-refractivity contribution is 5.84. The average Bonchev–Trinajstić information content (AvgIpc) is 3.09. The zero-order valence-corrected chi connectivity index (χ0v) is 14.5. The van der Waals surface area contributed by atoms with Gasteiger partial charge in [-0.05, 0) is 37.5 Å². The number of rotatable bonds is 8. The predicted molar refractivity (Wildman–Crippen MR) is 90.4 cm³/mol. The number of piperidine rings is 1. The molecule has 1 saturated heterocycles. The Morgan fingerprint density at radius 2 is 1.62 bits per heavy atom. The molecule has 1 saturated carbocycles. The van der Waals surface area contributed by atoms with Crippen molar-refractivity contribution in [1.82, 2.24) is 10.2 Å². The van der Waals surface area contributed by atoms with Gasteiger partial charge in [-0.3, -0.25) is 14.4 Å². The molecule has 1 unspecified atom stereocenters. The Bertz CT molecular complexity index is 446. The van der Waals surface area contributed by atoms with E-state index in [1.807, 2.05) is 0 Å². The van der Waals surface area contributed by atoms with Crippen molar-refractivity contribution in [1.29, 1.82) is 0 Å². The fraction of sp³-hybridized carbons (Fsp3) is 0.833. The first kappa shape index (κ1) is 18.7. The van der Waals surface area contributed by atoms with Crippen molar-refractivity contribution in [3.63, 3.8) is 0 Å². The van der Waals surface area contributed by atoms with Crippen LogP contribution in [0.5, 0.6) is 0 Å². The van der Waals surface area contributed by atoms with Gasteiger partial charge in [0, 0.05) is 25.9 Å². The Morgan fingerprint density at radius 3 is 2.33 bits per heavy atom. The summed E-state index contributed by atoms with van der Waals surface area (Å²) in [7, 11) is 0. The molecule has 1 heterocycles. The van der Waals surface area contributed by atoms with Crippen LogP contribution in [0.15, 0.2) is 0 Å². The molecule has 0 aromatic rings. The lowest BCUT2D eigenvalue weighted by Crippen LogP contribution is -2.45. The smallest absolute Gasteiger partial charge is 0.303 e. The third-order valence-corrected chi connectivity index (χ3v) is 5.33. The molecule has 0 radical (unpaired) electrons. The lowest BCUT2D eigenvalue weighted by atomic mass is 9.93. The highest BCUT2D eigenvalue weighted by Gasteiger charge is 2.24. The number of carbonyl (C=O) groups is 3. The van der Waals surface area contributed by atoms with E-state index in [1.165, 1.54) is 25.7 Å². The van der Waals surface area contributed by atoms with E-state index in [-0.39, 0.29) is 30.7 Å². The van der Waals surface area contributed by atoms with Gasteiger partial charge in [0.2, 0.25) is 11.8 Å². The fourth-order valence-corrected chi connectivity index (χ4v) is 3.86. The van der Waals surface area contributed by atoms with E-state index < -0.39 is 5.97 Å². The molecule has 1 aliphatic heterocycles. The van der Waals surface area contributed by atoms with Crippen LogP contribution in [0.3, 0.4) is 0 Å². The highest BCUT2D eigenvalue weighted by atomic mass is 16.4. The second-order valence-electron chi connectivity index (χ2n) is 7.25. The summed E-state index contributed by atoms with van der Waals surface area (Å²) in [4.78, 5) is 36.6. The second-order valence-corrected chi connectivity index (χ2v) is 7.25. The van der Waals surface area contributed by atoms with Gasteiger partial charge in [-0.2, -0.15) is 0 Å². The van der Waals surface area contributed by atoms with Crippen LogP contribution >= 0.6 is 0 Å². The van der Waals surface area contributed by atoms with Crippen molar-refractivity contribution in [3.05, 3.63) is 0 Å². The number of likely N-dealkylation sites (tertiary alicyclic amines) is 1. The van der Waals surface area contributed by atoms with E-state index in [0.717, 1.165) is 19.3 Å². The Kier molecular flexibility index (Phi) is 7.53. The minimum atomic E-state index is -0.784. The van der Waals surface area contributed by atoms with Crippen LogP contribution in [-0.4, -0.2) is 47.4 Å². The standard InChI is InChI=1S/C18H30N2O4/c21-16(9-7-14-4-1-2-5-14)19-12-17(22)20-11-3-6-15(13-20)8-10-18(23)24/h14-15H,1-13H2,(H,19,21)(H,23,24). The molecule has 6 heteroatoms. The van der Waals surface area contributed by atoms with E-state index in [2.05, 4.69) is 5.32 Å². The first-order valence-electron chi connectivity index (χ1n) is 9.31. The number of hydrogen-bond acceptors (Lipinski definition) is 3. The van der Waals surface area contributed by atoms with Crippen molar-refractivity contribution in [2.24, 2.45) is 11.8 Å². The van der Waals surface area contributed by atoms with Gasteiger partial charge in [-0.25, -0.2) is 0 Å². The number of carboxylic acids is 1. The molecule has 1 atom stereocenters. The molecule has 24 heavy (non-hydrogen) atoms. The Labute approximate surface area is 144 Å². The van der Waals surface area contributed by atoms with Gasteiger partial charge in [-0.15, -0.1) is 0 Å². The van der Waals surface area contributed by atoms with Crippen LogP contribution in [-0.2, 0) is 14.4 Å². The largest absolute Gasteiger partial charge is 0.481 e. The molecule has 2 rings (SSSR count). The number of aliphatic carboxylic acids is 1. The van der Waals surface area contributed by atoms with E-state index in [4.69, 9.17) is 5.11 Å². The molecular formula is C18H30N2O4. The van der Waals surface area contributed by atoms with E-state index in [1.54, 1.807) is 4.90 Å². The summed E-state index contributed by atoms with van der Waals surface area (Å²) in [5, 5.41) is 11.5. The minimum Gasteiger partial charge on any atom is -0.481 e. The van der Waals surface area contributed by atoms with Crippen LogP contribution in [0.2, 0.25) is 0 Å². The molecule has 1 aliphatic carbocycles. The third-order valence-electron chi connectivity index (χ3n) is 5.33. The Morgan fingerprint density at radius 1 is 0.958 bits per heavy atom. The van der Waals surface area contributed by atoms with Crippen molar-refractivity contribution >= 4 is 17.8 Å². The molecule has 2 fully saturated rings. The van der Waals surface area contributed by atoms with Gasteiger partial charge in [0.25, 0.3) is 0 Å². The molecular weight excluding hydrogens is 308 g/mol. The maximum atomic E-state index is 12.2. The summed E-state index contributed by atoms with van der Waals surface area (Å²) in [6.07, 6.45) is 9.13. The van der Waals surface area contributed by atoms with Crippen molar-refractivity contribution < 1.29 is 19.5 Å². The topological polar surface area (TPSA) is 86.7 Å². The summed E-state index contributed by atoms with van der Waals surface area (Å²) in [5.41, 5.74) is 0. The molecule has 136 valence electrons. The summed E-state index contributed by atoms with van der Waals surface area (Å²) in [6, 6.07) is 0. The van der Waals surface area contributed by atoms with Crippen LogP contribution in [0, 0.1) is 11.8 Å². The average molecular weight is 338 g/mol. The van der Waals surface area contributed by atoms with Gasteiger partial charge in [0.05, 0.1) is 6.54 Å². The number of nitrogens with zero attached hydrogens (tertiary/aromatic N) is 1. The second kappa shape index (κ2) is 9.64. The van der Waals surface area contributed by atoms with Crippen molar-refractivity contribution in [2.75, 3.05) is 19.6 Å². The third kappa shape index (κ3) is 6.49. The normalized spacial score (nSPS) is 21.7. The lowest BCUT2D eigenvalue weighted by molar-refractivity contribution is -0.137. The summed E-state index contributed by atoms with van der Waals surface area (Å²) in [5.74, 6) is 0.0762. The van der Waals surface area contributed by atoms with E-state index >= 15 is 0 Å². The number of carbonyl (C=O) groups excluding carboxylic acids is 2. The Hall–Kier alpha value is -1.59. The molecule has 0 bridgehead atoms. The zero-order chi connectivity index (χ0) is 17.4. The maximum absolute atomic E-state index is 12.2. The van der Waals surface area contributed by atoms with E-state index in [9.17, 15) is 14.4 Å². The quantitative estimate of drug-likeness (QED) is 0.710. The number of hydrogen-bond donors (Lipinski definition) is 2. The van der Waals surface area contributed by atoms with Crippen molar-refractivity contribution in [3.8, 4) is 0 Å². The SMILES string of the molecule is O=C(O)CCC1CCCN(C(=O)CNC(=O)CCC2CCCC2)C1. The summed E-state index contributed by atoms with van der Waals surface area (Å²) < 4.78 is 0. The molecule has 6 nitrogen and oxygen atoms in total. The van der Waals surface area contributed by atoms with Gasteiger partial charge in [0.15, 0.2) is 0 Å². The minimum absolute atomic E-state index is 0.0327. The van der Waals surface area contributed by atoms with Gasteiger partial charge in [0.1, 0.15) is 0 Å². The van der Waals surface area contributed by atoms with Crippen LogP contribution in [0.25, 0.3) is 0 Å². The Balaban J connectivity index is 1.63. The summed E-state index contributed by atoms with van der Waals surface area (Å²) in [6.45, 7) is 1.39. The number of carboxylic acid groups (broad SMARTS) is 1. The molecule has 0 aromatic carbocycles. The van der Waals surface area contributed by atoms with Crippen LogP contribution in [0.1, 0.15) is 64.2 Å². The molecule has 2 amide bonds. The number of amides is 2. The molecule has 2 N–H and O–H groups in total. The van der Waals surface area contributed by atoms with Crippen LogP contribution in [0.4, 0.5) is 0 Å². The first-order chi connectivity index (χ1) is 11.5. The first-order valence-corrected chi connectivity index (χ1v) is 9.31.